The van der Waals surface area contributed by atoms with Crippen molar-refractivity contribution in [3.63, 3.8) is 0 Å². The SMILES string of the molecule is CCC1NC(=O)C(C)N(CC2CCC3(CCCC3)O2)C1=O. The predicted molar refractivity (Wildman–Crippen MR) is 78.7 cm³/mol. The lowest BCUT2D eigenvalue weighted by molar-refractivity contribution is -0.151. The molecule has 3 fully saturated rings. The summed E-state index contributed by atoms with van der Waals surface area (Å²) in [6, 6.07) is -0.750. The number of nitrogens with one attached hydrogen (secondary N) is 1. The van der Waals surface area contributed by atoms with E-state index >= 15 is 0 Å². The highest BCUT2D eigenvalue weighted by atomic mass is 16.5. The lowest BCUT2D eigenvalue weighted by Crippen LogP contribution is -2.63. The Labute approximate surface area is 126 Å². The molecule has 2 aliphatic heterocycles. The molecule has 5 heteroatoms. The van der Waals surface area contributed by atoms with Gasteiger partial charge < -0.3 is 15.0 Å². The van der Waals surface area contributed by atoms with Crippen molar-refractivity contribution in [2.24, 2.45) is 0 Å². The van der Waals surface area contributed by atoms with E-state index < -0.39 is 0 Å². The Hall–Kier alpha value is -1.10. The quantitative estimate of drug-likeness (QED) is 0.860. The summed E-state index contributed by atoms with van der Waals surface area (Å²) in [5.41, 5.74) is 0.0825. The van der Waals surface area contributed by atoms with E-state index in [1.165, 1.54) is 12.8 Å². The molecule has 1 saturated carbocycles. The van der Waals surface area contributed by atoms with Crippen LogP contribution in [0, 0.1) is 0 Å². The average molecular weight is 294 g/mol. The highest BCUT2D eigenvalue weighted by molar-refractivity contribution is 5.96. The van der Waals surface area contributed by atoms with Gasteiger partial charge in [0.25, 0.3) is 0 Å². The van der Waals surface area contributed by atoms with Crippen LogP contribution in [0.15, 0.2) is 0 Å². The molecule has 21 heavy (non-hydrogen) atoms. The summed E-state index contributed by atoms with van der Waals surface area (Å²) in [6.07, 6.45) is 7.68. The van der Waals surface area contributed by atoms with E-state index in [2.05, 4.69) is 5.32 Å². The third-order valence-corrected chi connectivity index (χ3v) is 5.41. The number of ether oxygens (including phenoxy) is 1. The first-order valence-electron chi connectivity index (χ1n) is 8.33. The Morgan fingerprint density at radius 2 is 2.00 bits per heavy atom. The molecule has 1 N–H and O–H groups in total. The van der Waals surface area contributed by atoms with Crippen LogP contribution >= 0.6 is 0 Å². The molecule has 3 atom stereocenters. The highest BCUT2D eigenvalue weighted by Gasteiger charge is 2.45. The van der Waals surface area contributed by atoms with Gasteiger partial charge in [-0.05, 0) is 39.0 Å². The molecule has 3 unspecified atom stereocenters. The van der Waals surface area contributed by atoms with Crippen molar-refractivity contribution in [3.8, 4) is 0 Å². The molecule has 1 spiro atoms. The van der Waals surface area contributed by atoms with Gasteiger partial charge in [0.2, 0.25) is 11.8 Å². The largest absolute Gasteiger partial charge is 0.370 e. The lowest BCUT2D eigenvalue weighted by atomic mass is 9.98. The van der Waals surface area contributed by atoms with Crippen molar-refractivity contribution in [3.05, 3.63) is 0 Å². The Morgan fingerprint density at radius 3 is 2.67 bits per heavy atom. The standard InChI is InChI=1S/C16H26N2O3/c1-3-13-15(20)18(11(2)14(19)17-13)10-12-6-9-16(21-12)7-4-5-8-16/h11-13H,3-10H2,1-2H3,(H,17,19). The zero-order valence-corrected chi connectivity index (χ0v) is 13.1. The van der Waals surface area contributed by atoms with E-state index in [0.29, 0.717) is 13.0 Å². The van der Waals surface area contributed by atoms with Crippen molar-refractivity contribution in [1.82, 2.24) is 10.2 Å². The number of carbonyl (C=O) groups excluding carboxylic acids is 2. The molecule has 0 bridgehead atoms. The summed E-state index contributed by atoms with van der Waals surface area (Å²) in [6.45, 7) is 4.29. The molecule has 3 rings (SSSR count). The van der Waals surface area contributed by atoms with E-state index in [9.17, 15) is 9.59 Å². The number of rotatable bonds is 3. The van der Waals surface area contributed by atoms with Gasteiger partial charge in [0.1, 0.15) is 12.1 Å². The van der Waals surface area contributed by atoms with E-state index in [0.717, 1.165) is 25.7 Å². The van der Waals surface area contributed by atoms with Crippen molar-refractivity contribution in [2.45, 2.75) is 82.6 Å². The van der Waals surface area contributed by atoms with Gasteiger partial charge in [-0.3, -0.25) is 9.59 Å². The minimum Gasteiger partial charge on any atom is -0.370 e. The Morgan fingerprint density at radius 1 is 1.29 bits per heavy atom. The second kappa shape index (κ2) is 5.59. The molecule has 2 amide bonds. The summed E-state index contributed by atoms with van der Waals surface area (Å²) in [5, 5.41) is 2.80. The Kier molecular flexibility index (Phi) is 3.95. The van der Waals surface area contributed by atoms with Crippen LogP contribution < -0.4 is 5.32 Å². The maximum Gasteiger partial charge on any atom is 0.245 e. The zero-order chi connectivity index (χ0) is 15.0. The molecule has 5 nitrogen and oxygen atoms in total. The first-order chi connectivity index (χ1) is 10.0. The van der Waals surface area contributed by atoms with Crippen LogP contribution in [0.1, 0.15) is 58.8 Å². The van der Waals surface area contributed by atoms with Crippen molar-refractivity contribution in [1.29, 1.82) is 0 Å². The molecule has 2 saturated heterocycles. The first kappa shape index (κ1) is 14.8. The Balaban J connectivity index is 1.65. The number of amides is 2. The minimum absolute atomic E-state index is 0.0422. The van der Waals surface area contributed by atoms with E-state index in [-0.39, 0.29) is 35.6 Å². The highest BCUT2D eigenvalue weighted by Crippen LogP contribution is 2.43. The van der Waals surface area contributed by atoms with E-state index in [1.54, 1.807) is 11.8 Å². The number of nitrogens with zero attached hydrogens (tertiary/aromatic N) is 1. The minimum atomic E-state index is -0.385. The molecule has 3 aliphatic rings. The van der Waals surface area contributed by atoms with Gasteiger partial charge in [-0.1, -0.05) is 19.8 Å². The second-order valence-electron chi connectivity index (χ2n) is 6.80. The van der Waals surface area contributed by atoms with Gasteiger partial charge in [-0.15, -0.1) is 0 Å². The summed E-state index contributed by atoms with van der Waals surface area (Å²) in [5.74, 6) is -0.00408. The van der Waals surface area contributed by atoms with Crippen LogP contribution in [-0.2, 0) is 14.3 Å². The summed E-state index contributed by atoms with van der Waals surface area (Å²) < 4.78 is 6.29. The molecule has 0 aromatic rings. The van der Waals surface area contributed by atoms with Crippen LogP contribution in [0.4, 0.5) is 0 Å². The van der Waals surface area contributed by atoms with Crippen LogP contribution in [-0.4, -0.2) is 47.0 Å². The monoisotopic (exact) mass is 294 g/mol. The van der Waals surface area contributed by atoms with Crippen LogP contribution in [0.5, 0.6) is 0 Å². The van der Waals surface area contributed by atoms with Crippen LogP contribution in [0.2, 0.25) is 0 Å². The van der Waals surface area contributed by atoms with E-state index in [1.807, 2.05) is 6.92 Å². The van der Waals surface area contributed by atoms with Crippen molar-refractivity contribution in [2.75, 3.05) is 6.54 Å². The summed E-state index contributed by atoms with van der Waals surface area (Å²) in [4.78, 5) is 26.2. The summed E-state index contributed by atoms with van der Waals surface area (Å²) in [7, 11) is 0. The molecule has 0 aromatic carbocycles. The number of piperazine rings is 1. The third kappa shape index (κ3) is 2.68. The fourth-order valence-corrected chi connectivity index (χ4v) is 4.04. The number of hydrogen-bond donors (Lipinski definition) is 1. The molecule has 118 valence electrons. The van der Waals surface area contributed by atoms with E-state index in [4.69, 9.17) is 4.74 Å². The molecular weight excluding hydrogens is 268 g/mol. The molecule has 1 aliphatic carbocycles. The van der Waals surface area contributed by atoms with Crippen molar-refractivity contribution >= 4 is 11.8 Å². The first-order valence-corrected chi connectivity index (χ1v) is 8.33. The fraction of sp³-hybridized carbons (Fsp3) is 0.875. The zero-order valence-electron chi connectivity index (χ0n) is 13.1. The van der Waals surface area contributed by atoms with Gasteiger partial charge in [-0.2, -0.15) is 0 Å². The van der Waals surface area contributed by atoms with Crippen molar-refractivity contribution < 1.29 is 14.3 Å². The topological polar surface area (TPSA) is 58.6 Å². The third-order valence-electron chi connectivity index (χ3n) is 5.41. The molecule has 0 aromatic heterocycles. The number of carbonyl (C=O) groups is 2. The molecule has 0 radical (unpaired) electrons. The Bertz CT molecular complexity index is 431. The van der Waals surface area contributed by atoms with Crippen LogP contribution in [0.3, 0.4) is 0 Å². The molecule has 2 heterocycles. The number of hydrogen-bond acceptors (Lipinski definition) is 3. The van der Waals surface area contributed by atoms with Gasteiger partial charge in [-0.25, -0.2) is 0 Å². The normalized spacial score (nSPS) is 35.5. The van der Waals surface area contributed by atoms with Gasteiger partial charge in [0.15, 0.2) is 0 Å². The maximum absolute atomic E-state index is 12.5. The predicted octanol–water partition coefficient (Wildman–Crippen LogP) is 1.60. The lowest BCUT2D eigenvalue weighted by Gasteiger charge is -2.38. The molecular formula is C16H26N2O3. The maximum atomic E-state index is 12.5. The fourth-order valence-electron chi connectivity index (χ4n) is 4.04. The average Bonchev–Trinajstić information content (AvgIpc) is 3.09. The van der Waals surface area contributed by atoms with Gasteiger partial charge in [0, 0.05) is 6.54 Å². The smallest absolute Gasteiger partial charge is 0.245 e. The van der Waals surface area contributed by atoms with Gasteiger partial charge >= 0.3 is 0 Å². The summed E-state index contributed by atoms with van der Waals surface area (Å²) >= 11 is 0. The van der Waals surface area contributed by atoms with Crippen LogP contribution in [0.25, 0.3) is 0 Å². The van der Waals surface area contributed by atoms with Gasteiger partial charge in [0.05, 0.1) is 11.7 Å². The second-order valence-corrected chi connectivity index (χ2v) is 6.80.